The monoisotopic (exact) mass is 362 g/mol. The Morgan fingerprint density at radius 3 is 2.96 bits per heavy atom. The van der Waals surface area contributed by atoms with Crippen LogP contribution in [-0.4, -0.2) is 41.1 Å². The number of nitrogens with zero attached hydrogens (tertiary/aromatic N) is 4. The van der Waals surface area contributed by atoms with Gasteiger partial charge in [-0.05, 0) is 44.7 Å². The number of nitrogens with one attached hydrogen (secondary N) is 2. The molecule has 4 aromatic rings. The molecule has 0 radical (unpaired) electrons. The van der Waals surface area contributed by atoms with Crippen LogP contribution in [0.1, 0.15) is 32.6 Å². The van der Waals surface area contributed by atoms with Gasteiger partial charge in [-0.25, -0.2) is 9.97 Å². The van der Waals surface area contributed by atoms with Crippen LogP contribution in [-0.2, 0) is 0 Å². The van der Waals surface area contributed by atoms with Crippen molar-refractivity contribution in [1.29, 1.82) is 0 Å². The van der Waals surface area contributed by atoms with Crippen molar-refractivity contribution in [1.82, 2.24) is 24.3 Å². The molecule has 4 heterocycles. The molecule has 0 bridgehead atoms. The Morgan fingerprint density at radius 1 is 1.26 bits per heavy atom. The maximum atomic E-state index is 10.1. The molecule has 1 fully saturated rings. The van der Waals surface area contributed by atoms with E-state index in [4.69, 9.17) is 0 Å². The minimum absolute atomic E-state index is 0.306. The number of pyridine rings is 1. The standard InChI is InChI=1S/C20H22N6O/c1-20(27)6-4-14(5-7-20)24-19-23-11-16-15(10-22-18(16)25-19)13-2-3-17-21-8-9-26(17)12-13/h2-3,8-12,14,27H,4-7H2,1H3,(H2,22,23,24,25). The third kappa shape index (κ3) is 3.04. The Hall–Kier alpha value is -2.93. The van der Waals surface area contributed by atoms with Crippen LogP contribution in [0.15, 0.2) is 43.1 Å². The fraction of sp³-hybridized carbons (Fsp3) is 0.350. The molecule has 4 aromatic heterocycles. The molecule has 138 valence electrons. The van der Waals surface area contributed by atoms with E-state index in [1.807, 2.05) is 36.0 Å². The highest BCUT2D eigenvalue weighted by Crippen LogP contribution is 2.30. The summed E-state index contributed by atoms with van der Waals surface area (Å²) < 4.78 is 2.00. The lowest BCUT2D eigenvalue weighted by Crippen LogP contribution is -2.36. The van der Waals surface area contributed by atoms with Gasteiger partial charge in [0.1, 0.15) is 11.3 Å². The van der Waals surface area contributed by atoms with Gasteiger partial charge in [-0.1, -0.05) is 0 Å². The Kier molecular flexibility index (Phi) is 3.65. The van der Waals surface area contributed by atoms with Gasteiger partial charge in [0.05, 0.1) is 5.60 Å². The van der Waals surface area contributed by atoms with Gasteiger partial charge in [0.2, 0.25) is 5.95 Å². The van der Waals surface area contributed by atoms with E-state index in [9.17, 15) is 5.11 Å². The topological polar surface area (TPSA) is 91.1 Å². The highest BCUT2D eigenvalue weighted by Gasteiger charge is 2.28. The zero-order valence-electron chi connectivity index (χ0n) is 15.2. The van der Waals surface area contributed by atoms with Crippen LogP contribution in [0.3, 0.4) is 0 Å². The van der Waals surface area contributed by atoms with Crippen molar-refractivity contribution in [2.45, 2.75) is 44.2 Å². The number of aromatic amines is 1. The lowest BCUT2D eigenvalue weighted by atomic mass is 9.84. The second-order valence-corrected chi connectivity index (χ2v) is 7.68. The number of aliphatic hydroxyl groups is 1. The summed E-state index contributed by atoms with van der Waals surface area (Å²) in [7, 11) is 0. The third-order valence-corrected chi connectivity index (χ3v) is 5.53. The fourth-order valence-corrected chi connectivity index (χ4v) is 3.86. The summed E-state index contributed by atoms with van der Waals surface area (Å²) in [5.41, 5.74) is 3.36. The molecule has 1 saturated carbocycles. The van der Waals surface area contributed by atoms with Crippen molar-refractivity contribution >= 4 is 22.6 Å². The average molecular weight is 362 g/mol. The number of anilines is 1. The van der Waals surface area contributed by atoms with Crippen molar-refractivity contribution in [3.8, 4) is 11.1 Å². The number of H-pyrrole nitrogens is 1. The summed E-state index contributed by atoms with van der Waals surface area (Å²) in [6.07, 6.45) is 13.1. The van der Waals surface area contributed by atoms with E-state index >= 15 is 0 Å². The van der Waals surface area contributed by atoms with Gasteiger partial charge >= 0.3 is 0 Å². The second kappa shape index (κ2) is 6.06. The zero-order chi connectivity index (χ0) is 18.4. The van der Waals surface area contributed by atoms with Crippen molar-refractivity contribution < 1.29 is 5.11 Å². The first-order valence-corrected chi connectivity index (χ1v) is 9.34. The molecule has 0 unspecified atom stereocenters. The van der Waals surface area contributed by atoms with Gasteiger partial charge in [-0.2, -0.15) is 4.98 Å². The van der Waals surface area contributed by atoms with Gasteiger partial charge in [-0.3, -0.25) is 0 Å². The molecule has 0 amide bonds. The molecule has 27 heavy (non-hydrogen) atoms. The molecule has 7 nitrogen and oxygen atoms in total. The molecule has 3 N–H and O–H groups in total. The van der Waals surface area contributed by atoms with Gasteiger partial charge < -0.3 is 19.8 Å². The molecule has 1 aliphatic carbocycles. The maximum Gasteiger partial charge on any atom is 0.224 e. The van der Waals surface area contributed by atoms with Crippen molar-refractivity contribution in [3.63, 3.8) is 0 Å². The van der Waals surface area contributed by atoms with Gasteiger partial charge in [0, 0.05) is 53.5 Å². The lowest BCUT2D eigenvalue weighted by molar-refractivity contribution is 0.0196. The normalized spacial score (nSPS) is 23.1. The summed E-state index contributed by atoms with van der Waals surface area (Å²) in [6, 6.07) is 4.37. The fourth-order valence-electron chi connectivity index (χ4n) is 3.86. The molecule has 0 atom stereocenters. The first-order chi connectivity index (χ1) is 13.1. The first-order valence-electron chi connectivity index (χ1n) is 9.34. The molecule has 7 heteroatoms. The summed E-state index contributed by atoms with van der Waals surface area (Å²) in [5, 5.41) is 14.5. The molecule has 0 aromatic carbocycles. The Morgan fingerprint density at radius 2 is 2.11 bits per heavy atom. The molecular weight excluding hydrogens is 340 g/mol. The van der Waals surface area contributed by atoms with Crippen LogP contribution < -0.4 is 5.32 Å². The molecule has 0 saturated heterocycles. The summed E-state index contributed by atoms with van der Waals surface area (Å²) in [5.74, 6) is 0.632. The largest absolute Gasteiger partial charge is 0.390 e. The van der Waals surface area contributed by atoms with Crippen LogP contribution in [0.5, 0.6) is 0 Å². The summed E-state index contributed by atoms with van der Waals surface area (Å²) in [4.78, 5) is 16.7. The van der Waals surface area contributed by atoms with E-state index < -0.39 is 5.60 Å². The number of fused-ring (bicyclic) bond motifs is 2. The predicted molar refractivity (Wildman–Crippen MR) is 105 cm³/mol. The predicted octanol–water partition coefficient (Wildman–Crippen LogP) is 3.38. The van der Waals surface area contributed by atoms with Gasteiger partial charge in [0.25, 0.3) is 0 Å². The van der Waals surface area contributed by atoms with Crippen LogP contribution in [0.2, 0.25) is 0 Å². The minimum atomic E-state index is -0.534. The minimum Gasteiger partial charge on any atom is -0.390 e. The molecule has 0 aliphatic heterocycles. The third-order valence-electron chi connectivity index (χ3n) is 5.53. The van der Waals surface area contributed by atoms with Crippen molar-refractivity contribution in [3.05, 3.63) is 43.1 Å². The quantitative estimate of drug-likeness (QED) is 0.520. The van der Waals surface area contributed by atoms with Crippen LogP contribution in [0, 0.1) is 0 Å². The number of aromatic nitrogens is 5. The lowest BCUT2D eigenvalue weighted by Gasteiger charge is -2.33. The number of hydrogen-bond donors (Lipinski definition) is 3. The molecular formula is C20H22N6O. The van der Waals surface area contributed by atoms with Crippen LogP contribution >= 0.6 is 0 Å². The van der Waals surface area contributed by atoms with E-state index in [0.29, 0.717) is 12.0 Å². The second-order valence-electron chi connectivity index (χ2n) is 7.68. The van der Waals surface area contributed by atoms with E-state index in [1.54, 1.807) is 6.20 Å². The molecule has 5 rings (SSSR count). The van der Waals surface area contributed by atoms with E-state index in [-0.39, 0.29) is 0 Å². The Bertz CT molecular complexity index is 1100. The average Bonchev–Trinajstić information content (AvgIpc) is 3.29. The first kappa shape index (κ1) is 16.3. The Labute approximate surface area is 156 Å². The van der Waals surface area contributed by atoms with Crippen LogP contribution in [0.25, 0.3) is 27.8 Å². The SMILES string of the molecule is CC1(O)CCC(Nc2ncc3c(-c4ccc5nccn5c4)c[nH]c3n2)CC1. The highest BCUT2D eigenvalue weighted by molar-refractivity contribution is 5.93. The highest BCUT2D eigenvalue weighted by atomic mass is 16.3. The van der Waals surface area contributed by atoms with E-state index in [0.717, 1.165) is 53.5 Å². The Balaban J connectivity index is 1.41. The van der Waals surface area contributed by atoms with Gasteiger partial charge in [-0.15, -0.1) is 0 Å². The number of rotatable bonds is 3. The van der Waals surface area contributed by atoms with E-state index in [2.05, 4.69) is 37.5 Å². The molecule has 1 aliphatic rings. The van der Waals surface area contributed by atoms with Crippen molar-refractivity contribution in [2.24, 2.45) is 0 Å². The van der Waals surface area contributed by atoms with Gasteiger partial charge in [0.15, 0.2) is 0 Å². The smallest absolute Gasteiger partial charge is 0.224 e. The number of hydrogen-bond acceptors (Lipinski definition) is 5. The van der Waals surface area contributed by atoms with Crippen LogP contribution in [0.4, 0.5) is 5.95 Å². The zero-order valence-corrected chi connectivity index (χ0v) is 15.2. The van der Waals surface area contributed by atoms with Crippen molar-refractivity contribution in [2.75, 3.05) is 5.32 Å². The maximum absolute atomic E-state index is 10.1. The number of imidazole rings is 1. The van der Waals surface area contributed by atoms with E-state index in [1.165, 1.54) is 0 Å². The summed E-state index contributed by atoms with van der Waals surface area (Å²) in [6.45, 7) is 1.91. The summed E-state index contributed by atoms with van der Waals surface area (Å²) >= 11 is 0. The molecule has 0 spiro atoms.